The molecule has 1 N–H and O–H groups in total. The Kier molecular flexibility index (Phi) is 4.67. The van der Waals surface area contributed by atoms with Gasteiger partial charge in [-0.15, -0.1) is 0 Å². The van der Waals surface area contributed by atoms with Gasteiger partial charge < -0.3 is 5.32 Å². The van der Waals surface area contributed by atoms with Gasteiger partial charge in [0.1, 0.15) is 0 Å². The van der Waals surface area contributed by atoms with Crippen molar-refractivity contribution in [2.75, 3.05) is 0 Å². The lowest BCUT2D eigenvalue weighted by Gasteiger charge is -2.22. The van der Waals surface area contributed by atoms with E-state index in [4.69, 9.17) is 0 Å². The van der Waals surface area contributed by atoms with Crippen LogP contribution in [0.15, 0.2) is 12.1 Å². The molecule has 0 amide bonds. The van der Waals surface area contributed by atoms with Crippen LogP contribution in [0.25, 0.3) is 0 Å². The van der Waals surface area contributed by atoms with Crippen LogP contribution in [-0.2, 0) is 6.54 Å². The van der Waals surface area contributed by atoms with Crippen molar-refractivity contribution in [2.45, 2.75) is 66.5 Å². The predicted octanol–water partition coefficient (Wildman–Crippen LogP) is 4.53. The number of hydrogen-bond donors (Lipinski definition) is 1. The van der Waals surface area contributed by atoms with E-state index in [1.807, 2.05) is 0 Å². The normalized spacial score (nSPS) is 26.9. The second-order valence-corrected chi connectivity index (χ2v) is 6.47. The quantitative estimate of drug-likeness (QED) is 0.838. The van der Waals surface area contributed by atoms with Crippen molar-refractivity contribution in [1.29, 1.82) is 0 Å². The average Bonchev–Trinajstić information content (AvgIpc) is 2.69. The lowest BCUT2D eigenvalue weighted by Crippen LogP contribution is -2.32. The van der Waals surface area contributed by atoms with Crippen LogP contribution in [0.2, 0.25) is 0 Å². The van der Waals surface area contributed by atoms with Gasteiger partial charge >= 0.3 is 0 Å². The minimum absolute atomic E-state index is 0.713. The smallest absolute Gasteiger partial charge is 0.0213 e. The molecule has 1 aromatic rings. The van der Waals surface area contributed by atoms with Crippen LogP contribution in [0.3, 0.4) is 0 Å². The molecule has 1 nitrogen and oxygen atoms in total. The highest BCUT2D eigenvalue weighted by molar-refractivity contribution is 5.37. The second-order valence-electron chi connectivity index (χ2n) is 6.47. The third-order valence-corrected chi connectivity index (χ3v) is 5.13. The summed E-state index contributed by atoms with van der Waals surface area (Å²) in [6, 6.07) is 5.32. The van der Waals surface area contributed by atoms with Gasteiger partial charge in [0.2, 0.25) is 0 Å². The van der Waals surface area contributed by atoms with Crippen molar-refractivity contribution < 1.29 is 0 Å². The molecule has 2 rings (SSSR count). The van der Waals surface area contributed by atoms with Crippen LogP contribution >= 0.6 is 0 Å². The molecule has 106 valence electrons. The summed E-state index contributed by atoms with van der Waals surface area (Å²) in [6.45, 7) is 12.4. The summed E-state index contributed by atoms with van der Waals surface area (Å²) in [6.07, 6.45) is 4.09. The first-order valence-electron chi connectivity index (χ1n) is 7.83. The first kappa shape index (κ1) is 14.6. The minimum Gasteiger partial charge on any atom is -0.310 e. The molecule has 0 bridgehead atoms. The van der Waals surface area contributed by atoms with Crippen LogP contribution in [0.5, 0.6) is 0 Å². The Morgan fingerprint density at radius 3 is 2.26 bits per heavy atom. The summed E-state index contributed by atoms with van der Waals surface area (Å²) in [4.78, 5) is 0. The third kappa shape index (κ3) is 3.20. The monoisotopic (exact) mass is 259 g/mol. The molecular formula is C18H29N. The number of rotatable bonds is 4. The lowest BCUT2D eigenvalue weighted by atomic mass is 9.93. The summed E-state index contributed by atoms with van der Waals surface area (Å²) in [7, 11) is 0. The summed E-state index contributed by atoms with van der Waals surface area (Å²) >= 11 is 0. The zero-order valence-electron chi connectivity index (χ0n) is 13.2. The maximum Gasteiger partial charge on any atom is 0.0213 e. The van der Waals surface area contributed by atoms with E-state index in [1.54, 1.807) is 0 Å². The highest BCUT2D eigenvalue weighted by atomic mass is 14.9. The maximum atomic E-state index is 3.81. The predicted molar refractivity (Wildman–Crippen MR) is 83.5 cm³/mol. The fourth-order valence-electron chi connectivity index (χ4n) is 3.83. The average molecular weight is 259 g/mol. The molecule has 1 aromatic carbocycles. The lowest BCUT2D eigenvalue weighted by molar-refractivity contribution is 0.344. The Labute approximate surface area is 118 Å². The highest BCUT2D eigenvalue weighted by Crippen LogP contribution is 2.34. The molecule has 0 radical (unpaired) electrons. The molecular weight excluding hydrogens is 230 g/mol. The molecule has 1 heteroatoms. The number of benzene rings is 1. The molecule has 0 spiro atoms. The first-order chi connectivity index (χ1) is 9.02. The van der Waals surface area contributed by atoms with E-state index in [0.29, 0.717) is 6.04 Å². The van der Waals surface area contributed by atoms with Crippen molar-refractivity contribution in [3.8, 4) is 0 Å². The molecule has 1 fully saturated rings. The first-order valence-corrected chi connectivity index (χ1v) is 7.83. The summed E-state index contributed by atoms with van der Waals surface area (Å²) in [5.74, 6) is 1.76. The van der Waals surface area contributed by atoms with Gasteiger partial charge in [0.25, 0.3) is 0 Å². The molecule has 19 heavy (non-hydrogen) atoms. The van der Waals surface area contributed by atoms with E-state index in [1.165, 1.54) is 41.5 Å². The molecule has 1 aliphatic carbocycles. The fourth-order valence-corrected chi connectivity index (χ4v) is 3.83. The van der Waals surface area contributed by atoms with Gasteiger partial charge in [-0.1, -0.05) is 38.0 Å². The van der Waals surface area contributed by atoms with E-state index < -0.39 is 0 Å². The van der Waals surface area contributed by atoms with Gasteiger partial charge in [0.15, 0.2) is 0 Å². The van der Waals surface area contributed by atoms with Crippen molar-refractivity contribution in [1.82, 2.24) is 5.32 Å². The Morgan fingerprint density at radius 2 is 1.74 bits per heavy atom. The SMILES string of the molecule is CCC1CCC(NCc2c(C)cc(C)cc2C)C1C. The summed E-state index contributed by atoms with van der Waals surface area (Å²) in [5, 5.41) is 3.81. The van der Waals surface area contributed by atoms with Gasteiger partial charge in [-0.05, 0) is 62.1 Å². The summed E-state index contributed by atoms with van der Waals surface area (Å²) < 4.78 is 0. The minimum atomic E-state index is 0.713. The van der Waals surface area contributed by atoms with Crippen LogP contribution in [0, 0.1) is 32.6 Å². The largest absolute Gasteiger partial charge is 0.310 e. The van der Waals surface area contributed by atoms with E-state index in [9.17, 15) is 0 Å². The van der Waals surface area contributed by atoms with Crippen molar-refractivity contribution in [2.24, 2.45) is 11.8 Å². The Bertz CT molecular complexity index is 412. The topological polar surface area (TPSA) is 12.0 Å². The van der Waals surface area contributed by atoms with E-state index in [-0.39, 0.29) is 0 Å². The van der Waals surface area contributed by atoms with E-state index in [2.05, 4.69) is 52.1 Å². The zero-order chi connectivity index (χ0) is 14.0. The Hall–Kier alpha value is -0.820. The second kappa shape index (κ2) is 6.09. The molecule has 3 unspecified atom stereocenters. The molecule has 1 aliphatic rings. The highest BCUT2D eigenvalue weighted by Gasteiger charge is 2.30. The van der Waals surface area contributed by atoms with Crippen molar-refractivity contribution in [3.05, 3.63) is 34.4 Å². The van der Waals surface area contributed by atoms with Gasteiger partial charge in [0, 0.05) is 12.6 Å². The van der Waals surface area contributed by atoms with E-state index in [0.717, 1.165) is 18.4 Å². The van der Waals surface area contributed by atoms with Crippen LogP contribution in [-0.4, -0.2) is 6.04 Å². The maximum absolute atomic E-state index is 3.81. The van der Waals surface area contributed by atoms with Crippen LogP contribution < -0.4 is 5.32 Å². The van der Waals surface area contributed by atoms with Crippen LogP contribution in [0.4, 0.5) is 0 Å². The number of aryl methyl sites for hydroxylation is 3. The molecule has 0 aliphatic heterocycles. The molecule has 3 atom stereocenters. The van der Waals surface area contributed by atoms with Crippen LogP contribution in [0.1, 0.15) is 55.4 Å². The number of nitrogens with one attached hydrogen (secondary N) is 1. The van der Waals surface area contributed by atoms with Crippen molar-refractivity contribution >= 4 is 0 Å². The fraction of sp³-hybridized carbons (Fsp3) is 0.667. The van der Waals surface area contributed by atoms with Gasteiger partial charge in [-0.25, -0.2) is 0 Å². The Balaban J connectivity index is 2.00. The van der Waals surface area contributed by atoms with Gasteiger partial charge in [-0.2, -0.15) is 0 Å². The summed E-state index contributed by atoms with van der Waals surface area (Å²) in [5.41, 5.74) is 5.74. The third-order valence-electron chi connectivity index (χ3n) is 5.13. The molecule has 1 saturated carbocycles. The number of hydrogen-bond acceptors (Lipinski definition) is 1. The Morgan fingerprint density at radius 1 is 1.11 bits per heavy atom. The van der Waals surface area contributed by atoms with E-state index >= 15 is 0 Å². The molecule has 0 aromatic heterocycles. The van der Waals surface area contributed by atoms with Crippen molar-refractivity contribution in [3.63, 3.8) is 0 Å². The van der Waals surface area contributed by atoms with Gasteiger partial charge in [0.05, 0.1) is 0 Å². The van der Waals surface area contributed by atoms with Gasteiger partial charge in [-0.3, -0.25) is 0 Å². The standard InChI is InChI=1S/C18H29N/c1-6-16-7-8-18(15(16)5)19-11-17-13(3)9-12(2)10-14(17)4/h9-10,15-16,18-19H,6-8,11H2,1-5H3. The zero-order valence-corrected chi connectivity index (χ0v) is 13.2. The molecule has 0 saturated heterocycles. The molecule has 0 heterocycles.